The molecule has 2 bridgehead atoms. The molecule has 1 aromatic rings. The first-order valence-electron chi connectivity index (χ1n) is 5.35. The molecule has 1 aliphatic carbocycles. The van der Waals surface area contributed by atoms with Gasteiger partial charge in [-0.3, -0.25) is 4.79 Å². The van der Waals surface area contributed by atoms with Crippen LogP contribution in [-0.4, -0.2) is 24.8 Å². The van der Waals surface area contributed by atoms with Crippen molar-refractivity contribution in [3.05, 3.63) is 23.2 Å². The van der Waals surface area contributed by atoms with Crippen LogP contribution in [0.15, 0.2) is 28.2 Å². The van der Waals surface area contributed by atoms with Crippen LogP contribution in [0.25, 0.3) is 0 Å². The van der Waals surface area contributed by atoms with Gasteiger partial charge in [0.2, 0.25) is 5.91 Å². The van der Waals surface area contributed by atoms with Crippen molar-refractivity contribution < 1.29 is 13.2 Å². The largest absolute Gasteiger partial charge is 0.328 e. The van der Waals surface area contributed by atoms with Crippen LogP contribution in [-0.2, 0) is 14.8 Å². The Hall–Kier alpha value is -1.25. The Kier molecular flexibility index (Phi) is 2.38. The molecular formula is C10H11N3O3S2. The second kappa shape index (κ2) is 3.62. The Balaban J connectivity index is 1.87. The highest BCUT2D eigenvalue weighted by molar-refractivity contribution is 7.89. The highest BCUT2D eigenvalue weighted by Gasteiger charge is 2.57. The number of aromatic nitrogens is 1. The van der Waals surface area contributed by atoms with Gasteiger partial charge in [-0.1, -0.05) is 6.58 Å². The molecule has 3 fully saturated rings. The summed E-state index contributed by atoms with van der Waals surface area (Å²) in [6.07, 6.45) is 0.946. The van der Waals surface area contributed by atoms with Crippen LogP contribution in [0.3, 0.4) is 0 Å². The van der Waals surface area contributed by atoms with E-state index in [9.17, 15) is 13.2 Å². The van der Waals surface area contributed by atoms with Crippen molar-refractivity contribution in [1.82, 2.24) is 15.0 Å². The van der Waals surface area contributed by atoms with Crippen LogP contribution in [0.1, 0.15) is 12.8 Å². The lowest BCUT2D eigenvalue weighted by Gasteiger charge is -2.51. The predicted molar refractivity (Wildman–Crippen MR) is 65.2 cm³/mol. The molecule has 1 amide bonds. The van der Waals surface area contributed by atoms with Crippen LogP contribution < -0.4 is 10.0 Å². The highest BCUT2D eigenvalue weighted by Crippen LogP contribution is 2.45. The number of amides is 1. The highest BCUT2D eigenvalue weighted by atomic mass is 32.2. The van der Waals surface area contributed by atoms with E-state index in [0.29, 0.717) is 18.5 Å². The molecule has 0 atom stereocenters. The number of thiazole rings is 1. The minimum atomic E-state index is -3.73. The van der Waals surface area contributed by atoms with Crippen LogP contribution in [0, 0.1) is 5.92 Å². The molecule has 3 heterocycles. The van der Waals surface area contributed by atoms with Crippen molar-refractivity contribution >= 4 is 27.3 Å². The number of carbonyl (C=O) groups excluding carboxylic acids is 1. The van der Waals surface area contributed by atoms with Gasteiger partial charge in [0.05, 0.1) is 5.51 Å². The van der Waals surface area contributed by atoms with Gasteiger partial charge in [-0.05, 0) is 12.8 Å². The van der Waals surface area contributed by atoms with Gasteiger partial charge >= 0.3 is 0 Å². The van der Waals surface area contributed by atoms with Gasteiger partial charge in [-0.2, -0.15) is 4.72 Å². The minimum Gasteiger partial charge on any atom is -0.328 e. The third kappa shape index (κ3) is 1.60. The summed E-state index contributed by atoms with van der Waals surface area (Å²) in [6.45, 7) is 3.74. The van der Waals surface area contributed by atoms with Gasteiger partial charge in [0, 0.05) is 17.0 Å². The first-order valence-corrected chi connectivity index (χ1v) is 7.78. The lowest BCUT2D eigenvalue weighted by Crippen LogP contribution is -2.70. The van der Waals surface area contributed by atoms with Crippen molar-refractivity contribution in [3.8, 4) is 0 Å². The molecule has 2 aliphatic heterocycles. The third-order valence-electron chi connectivity index (χ3n) is 3.41. The van der Waals surface area contributed by atoms with Crippen molar-refractivity contribution in [2.75, 3.05) is 0 Å². The number of allylic oxidation sites excluding steroid dienone is 1. The average Bonchev–Trinajstić information content (AvgIpc) is 2.73. The van der Waals surface area contributed by atoms with Crippen molar-refractivity contribution in [2.45, 2.75) is 23.4 Å². The molecular weight excluding hydrogens is 274 g/mol. The topological polar surface area (TPSA) is 88.2 Å². The first-order chi connectivity index (χ1) is 8.43. The van der Waals surface area contributed by atoms with E-state index < -0.39 is 15.6 Å². The SMILES string of the molecule is C=C1NC(=O)C2(NS(=O)(=O)c3cscn3)CC1C2. The van der Waals surface area contributed by atoms with Crippen LogP contribution in [0.5, 0.6) is 0 Å². The van der Waals surface area contributed by atoms with Gasteiger partial charge in [-0.15, -0.1) is 11.3 Å². The summed E-state index contributed by atoms with van der Waals surface area (Å²) in [4.78, 5) is 15.7. The van der Waals surface area contributed by atoms with Gasteiger partial charge in [0.1, 0.15) is 5.54 Å². The molecule has 18 heavy (non-hydrogen) atoms. The number of nitrogens with zero attached hydrogens (tertiary/aromatic N) is 1. The van der Waals surface area contributed by atoms with Gasteiger partial charge in [0.15, 0.2) is 5.03 Å². The van der Waals surface area contributed by atoms with Crippen LogP contribution >= 0.6 is 11.3 Å². The maximum atomic E-state index is 12.0. The molecule has 2 N–H and O–H groups in total. The molecule has 1 aromatic heterocycles. The minimum absolute atomic E-state index is 0.0393. The van der Waals surface area contributed by atoms with E-state index >= 15 is 0 Å². The summed E-state index contributed by atoms with van der Waals surface area (Å²) in [6, 6.07) is 0. The number of piperidine rings is 2. The molecule has 1 saturated carbocycles. The van der Waals surface area contributed by atoms with E-state index in [0.717, 1.165) is 0 Å². The normalized spacial score (nSPS) is 30.8. The number of hydrogen-bond acceptors (Lipinski definition) is 5. The summed E-state index contributed by atoms with van der Waals surface area (Å²) in [7, 11) is -3.73. The number of sulfonamides is 1. The number of carbonyl (C=O) groups is 1. The predicted octanol–water partition coefficient (Wildman–Crippen LogP) is 0.214. The molecule has 0 radical (unpaired) electrons. The molecule has 0 spiro atoms. The number of fused-ring (bicyclic) bond motifs is 2. The van der Waals surface area contributed by atoms with E-state index in [2.05, 4.69) is 21.6 Å². The zero-order chi connectivity index (χ0) is 13.0. The number of hydrogen-bond donors (Lipinski definition) is 2. The van der Waals surface area contributed by atoms with Gasteiger partial charge in [-0.25, -0.2) is 13.4 Å². The van der Waals surface area contributed by atoms with Crippen LogP contribution in [0.2, 0.25) is 0 Å². The van der Waals surface area contributed by atoms with Gasteiger partial charge < -0.3 is 5.32 Å². The second-order valence-electron chi connectivity index (χ2n) is 4.60. The monoisotopic (exact) mass is 285 g/mol. The van der Waals surface area contributed by atoms with Gasteiger partial charge in [0.25, 0.3) is 10.0 Å². The lowest BCUT2D eigenvalue weighted by molar-refractivity contribution is -0.134. The molecule has 6 nitrogen and oxygen atoms in total. The van der Waals surface area contributed by atoms with E-state index in [4.69, 9.17) is 0 Å². The van der Waals surface area contributed by atoms with Crippen LogP contribution in [0.4, 0.5) is 0 Å². The van der Waals surface area contributed by atoms with E-state index in [1.807, 2.05) is 0 Å². The molecule has 8 heteroatoms. The summed E-state index contributed by atoms with van der Waals surface area (Å²) in [5.41, 5.74) is 1.10. The Morgan fingerprint density at radius 2 is 2.28 bits per heavy atom. The maximum Gasteiger partial charge on any atom is 0.259 e. The third-order valence-corrected chi connectivity index (χ3v) is 5.58. The first kappa shape index (κ1) is 11.8. The average molecular weight is 285 g/mol. The molecule has 96 valence electrons. The zero-order valence-corrected chi connectivity index (χ0v) is 11.0. The quantitative estimate of drug-likeness (QED) is 0.831. The fourth-order valence-electron chi connectivity index (χ4n) is 2.35. The van der Waals surface area contributed by atoms with Crippen molar-refractivity contribution in [2.24, 2.45) is 5.92 Å². The molecule has 0 unspecified atom stereocenters. The Morgan fingerprint density at radius 3 is 2.83 bits per heavy atom. The molecule has 0 aromatic carbocycles. The Labute approximate surface area is 108 Å². The molecule has 2 saturated heterocycles. The van der Waals surface area contributed by atoms with E-state index in [1.165, 1.54) is 22.2 Å². The zero-order valence-electron chi connectivity index (χ0n) is 9.34. The fraction of sp³-hybridized carbons (Fsp3) is 0.400. The van der Waals surface area contributed by atoms with Crippen molar-refractivity contribution in [3.63, 3.8) is 0 Å². The summed E-state index contributed by atoms with van der Waals surface area (Å²) < 4.78 is 26.6. The molecule has 3 aliphatic rings. The summed E-state index contributed by atoms with van der Waals surface area (Å²) >= 11 is 1.20. The molecule has 4 rings (SSSR count). The smallest absolute Gasteiger partial charge is 0.259 e. The number of nitrogens with one attached hydrogen (secondary N) is 2. The standard InChI is InChI=1S/C10H11N3O3S2/c1-6-7-2-10(3-7,9(14)12-6)13-18(15,16)8-4-17-5-11-8/h4-5,7,13H,1-3H2,(H,12,14). The second-order valence-corrected chi connectivity index (χ2v) is 6.95. The Morgan fingerprint density at radius 1 is 1.56 bits per heavy atom. The van der Waals surface area contributed by atoms with E-state index in [-0.39, 0.29) is 16.9 Å². The van der Waals surface area contributed by atoms with Crippen molar-refractivity contribution in [1.29, 1.82) is 0 Å². The van der Waals surface area contributed by atoms with E-state index in [1.54, 1.807) is 0 Å². The number of rotatable bonds is 3. The maximum absolute atomic E-state index is 12.0. The lowest BCUT2D eigenvalue weighted by atomic mass is 9.64. The fourth-order valence-corrected chi connectivity index (χ4v) is 4.58. The Bertz CT molecular complexity index is 615. The summed E-state index contributed by atoms with van der Waals surface area (Å²) in [5.74, 6) is -0.158. The summed E-state index contributed by atoms with van der Waals surface area (Å²) in [5, 5.41) is 4.01.